The smallest absolute Gasteiger partial charge is 0.345 e. The third-order valence-electron chi connectivity index (χ3n) is 2.53. The Morgan fingerprint density at radius 2 is 1.95 bits per heavy atom. The Morgan fingerprint density at radius 1 is 1.21 bits per heavy atom. The molecule has 0 atom stereocenters. The summed E-state index contributed by atoms with van der Waals surface area (Å²) in [5, 5.41) is 9.40. The van der Waals surface area contributed by atoms with E-state index in [4.69, 9.17) is 14.6 Å². The van der Waals surface area contributed by atoms with Crippen LogP contribution in [-0.4, -0.2) is 24.8 Å². The summed E-state index contributed by atoms with van der Waals surface area (Å²) in [5.74, 6) is -0.241. The van der Waals surface area contributed by atoms with E-state index >= 15 is 0 Å². The van der Waals surface area contributed by atoms with Gasteiger partial charge in [0, 0.05) is 7.11 Å². The van der Waals surface area contributed by atoms with Crippen molar-refractivity contribution in [2.45, 2.75) is 6.42 Å². The van der Waals surface area contributed by atoms with Crippen LogP contribution >= 0.6 is 11.3 Å². The Balaban J connectivity index is 2.00. The molecule has 1 heterocycles. The van der Waals surface area contributed by atoms with Crippen molar-refractivity contribution in [1.82, 2.24) is 0 Å². The van der Waals surface area contributed by atoms with Gasteiger partial charge in [0.15, 0.2) is 5.06 Å². The van der Waals surface area contributed by atoms with Gasteiger partial charge in [0.1, 0.15) is 10.6 Å². The van der Waals surface area contributed by atoms with E-state index in [1.54, 1.807) is 13.2 Å². The molecule has 1 aromatic heterocycles. The topological polar surface area (TPSA) is 55.8 Å². The van der Waals surface area contributed by atoms with Gasteiger partial charge in [-0.05, 0) is 36.2 Å². The second-order valence-electron chi connectivity index (χ2n) is 3.91. The van der Waals surface area contributed by atoms with E-state index in [1.165, 1.54) is 11.6 Å². The van der Waals surface area contributed by atoms with Crippen molar-refractivity contribution in [2.75, 3.05) is 13.7 Å². The van der Waals surface area contributed by atoms with Crippen LogP contribution in [0.25, 0.3) is 0 Å². The Hall–Kier alpha value is -1.85. The summed E-state index contributed by atoms with van der Waals surface area (Å²) >= 11 is 1.11. The number of carboxylic acid groups (broad SMARTS) is 1. The van der Waals surface area contributed by atoms with E-state index in [2.05, 4.69) is 0 Å². The Bertz CT molecular complexity index is 545. The van der Waals surface area contributed by atoms with Crippen LogP contribution in [-0.2, 0) is 11.2 Å². The maximum Gasteiger partial charge on any atom is 0.345 e. The van der Waals surface area contributed by atoms with E-state index in [0.29, 0.717) is 17.4 Å². The number of methoxy groups -OCH3 is 1. The lowest BCUT2D eigenvalue weighted by atomic mass is 10.1. The van der Waals surface area contributed by atoms with Crippen molar-refractivity contribution in [1.29, 1.82) is 0 Å². The molecule has 0 amide bonds. The monoisotopic (exact) mass is 278 g/mol. The molecule has 0 unspecified atom stereocenters. The van der Waals surface area contributed by atoms with Gasteiger partial charge in [-0.2, -0.15) is 0 Å². The lowest BCUT2D eigenvalue weighted by molar-refractivity contribution is 0.0702. The number of benzene rings is 1. The van der Waals surface area contributed by atoms with E-state index < -0.39 is 5.97 Å². The minimum absolute atomic E-state index is 0.270. The lowest BCUT2D eigenvalue weighted by Gasteiger charge is -2.04. The average Bonchev–Trinajstić information content (AvgIpc) is 2.87. The predicted octanol–water partition coefficient (Wildman–Crippen LogP) is 3.43. The van der Waals surface area contributed by atoms with Gasteiger partial charge in [-0.3, -0.25) is 0 Å². The molecule has 1 aromatic carbocycles. The summed E-state index contributed by atoms with van der Waals surface area (Å²) in [6.07, 6.45) is 0.860. The molecule has 0 saturated heterocycles. The second-order valence-corrected chi connectivity index (χ2v) is 4.96. The van der Waals surface area contributed by atoms with Crippen molar-refractivity contribution >= 4 is 17.3 Å². The highest BCUT2D eigenvalue weighted by Crippen LogP contribution is 2.29. The zero-order valence-electron chi connectivity index (χ0n) is 10.5. The number of carboxylic acids is 1. The van der Waals surface area contributed by atoms with Crippen LogP contribution < -0.4 is 4.74 Å². The molecule has 0 saturated carbocycles. The van der Waals surface area contributed by atoms with Crippen LogP contribution in [0.4, 0.5) is 0 Å². The zero-order valence-corrected chi connectivity index (χ0v) is 11.3. The van der Waals surface area contributed by atoms with Gasteiger partial charge in [0.2, 0.25) is 0 Å². The second kappa shape index (κ2) is 6.36. The average molecular weight is 278 g/mol. The van der Waals surface area contributed by atoms with Crippen molar-refractivity contribution < 1.29 is 19.4 Å². The molecule has 5 heteroatoms. The van der Waals surface area contributed by atoms with Crippen molar-refractivity contribution in [3.05, 3.63) is 46.8 Å². The molecule has 2 aromatic rings. The van der Waals surface area contributed by atoms with Gasteiger partial charge in [0.05, 0.1) is 6.61 Å². The number of carbonyl (C=O) groups is 1. The molecule has 0 aliphatic rings. The fraction of sp³-hybridized carbons (Fsp3) is 0.214. The Morgan fingerprint density at radius 3 is 2.53 bits per heavy atom. The maximum absolute atomic E-state index is 10.8. The molecular formula is C14H14O4S. The quantitative estimate of drug-likeness (QED) is 0.879. The summed E-state index contributed by atoms with van der Waals surface area (Å²) in [6, 6.07) is 10.9. The lowest BCUT2D eigenvalue weighted by Crippen LogP contribution is -1.93. The third-order valence-corrected chi connectivity index (χ3v) is 3.48. The number of ether oxygens (including phenoxy) is 2. The Labute approximate surface area is 115 Å². The minimum atomic E-state index is -0.935. The number of thiophene rings is 1. The predicted molar refractivity (Wildman–Crippen MR) is 73.4 cm³/mol. The first-order chi connectivity index (χ1) is 9.19. The Kier molecular flexibility index (Phi) is 4.54. The molecule has 4 nitrogen and oxygen atoms in total. The van der Waals surface area contributed by atoms with Crippen LogP contribution in [0.2, 0.25) is 0 Å². The molecule has 0 aliphatic heterocycles. The molecule has 2 rings (SSSR count). The number of rotatable bonds is 6. The van der Waals surface area contributed by atoms with Gasteiger partial charge in [-0.25, -0.2) is 4.79 Å². The van der Waals surface area contributed by atoms with E-state index in [9.17, 15) is 4.79 Å². The third kappa shape index (κ3) is 3.81. The van der Waals surface area contributed by atoms with E-state index in [1.807, 2.05) is 24.3 Å². The summed E-state index contributed by atoms with van der Waals surface area (Å²) < 4.78 is 10.6. The van der Waals surface area contributed by atoms with Crippen molar-refractivity contribution in [2.24, 2.45) is 0 Å². The van der Waals surface area contributed by atoms with Gasteiger partial charge < -0.3 is 14.6 Å². The van der Waals surface area contributed by atoms with Gasteiger partial charge >= 0.3 is 5.97 Å². The first-order valence-corrected chi connectivity index (χ1v) is 6.59. The first kappa shape index (κ1) is 13.6. The van der Waals surface area contributed by atoms with Crippen LogP contribution in [0.1, 0.15) is 15.2 Å². The number of aromatic carboxylic acids is 1. The molecular weight excluding hydrogens is 264 g/mol. The fourth-order valence-electron chi connectivity index (χ4n) is 1.55. The van der Waals surface area contributed by atoms with Crippen molar-refractivity contribution in [3.63, 3.8) is 0 Å². The number of hydrogen-bond acceptors (Lipinski definition) is 4. The number of hydrogen-bond donors (Lipinski definition) is 1. The molecule has 0 fully saturated rings. The normalized spacial score (nSPS) is 10.4. The molecule has 19 heavy (non-hydrogen) atoms. The summed E-state index contributed by atoms with van der Waals surface area (Å²) in [6.45, 7) is 0.688. The highest BCUT2D eigenvalue weighted by molar-refractivity contribution is 7.15. The molecule has 0 spiro atoms. The SMILES string of the molecule is COCCc1ccc(Oc2ccc(C(=O)O)s2)cc1. The van der Waals surface area contributed by atoms with Gasteiger partial charge in [0.25, 0.3) is 0 Å². The standard InChI is InChI=1S/C14H14O4S/c1-17-9-8-10-2-4-11(5-3-10)18-13-7-6-12(19-13)14(15)16/h2-7H,8-9H2,1H3,(H,15,16). The molecule has 100 valence electrons. The summed E-state index contributed by atoms with van der Waals surface area (Å²) in [7, 11) is 1.67. The minimum Gasteiger partial charge on any atom is -0.477 e. The van der Waals surface area contributed by atoms with Crippen LogP contribution in [0.5, 0.6) is 10.8 Å². The van der Waals surface area contributed by atoms with Crippen molar-refractivity contribution in [3.8, 4) is 10.8 Å². The fourth-order valence-corrected chi connectivity index (χ4v) is 2.26. The highest BCUT2D eigenvalue weighted by atomic mass is 32.1. The van der Waals surface area contributed by atoms with Crippen LogP contribution in [0.15, 0.2) is 36.4 Å². The van der Waals surface area contributed by atoms with Gasteiger partial charge in [-0.15, -0.1) is 0 Å². The molecule has 0 bridgehead atoms. The first-order valence-electron chi connectivity index (χ1n) is 5.78. The van der Waals surface area contributed by atoms with Gasteiger partial charge in [-0.1, -0.05) is 23.5 Å². The summed E-state index contributed by atoms with van der Waals surface area (Å²) in [5.41, 5.74) is 1.17. The van der Waals surface area contributed by atoms with E-state index in [-0.39, 0.29) is 4.88 Å². The molecule has 0 radical (unpaired) electrons. The largest absolute Gasteiger partial charge is 0.477 e. The highest BCUT2D eigenvalue weighted by Gasteiger charge is 2.08. The van der Waals surface area contributed by atoms with E-state index in [0.717, 1.165) is 17.8 Å². The van der Waals surface area contributed by atoms with Crippen LogP contribution in [0, 0.1) is 0 Å². The van der Waals surface area contributed by atoms with Crippen LogP contribution in [0.3, 0.4) is 0 Å². The maximum atomic E-state index is 10.8. The molecule has 0 aliphatic carbocycles. The zero-order chi connectivity index (χ0) is 13.7. The molecule has 1 N–H and O–H groups in total. The summed E-state index contributed by atoms with van der Waals surface area (Å²) in [4.78, 5) is 11.0.